The van der Waals surface area contributed by atoms with Crippen LogP contribution in [0.3, 0.4) is 0 Å². The second kappa shape index (κ2) is 13.7. The van der Waals surface area contributed by atoms with Gasteiger partial charge in [0.25, 0.3) is 11.6 Å². The molecule has 0 saturated carbocycles. The van der Waals surface area contributed by atoms with E-state index in [9.17, 15) is 32.9 Å². The fourth-order valence-electron chi connectivity index (χ4n) is 4.39. The van der Waals surface area contributed by atoms with Crippen molar-refractivity contribution in [3.63, 3.8) is 0 Å². The van der Waals surface area contributed by atoms with E-state index in [0.717, 1.165) is 4.90 Å². The van der Waals surface area contributed by atoms with Crippen molar-refractivity contribution in [3.8, 4) is 5.75 Å². The van der Waals surface area contributed by atoms with E-state index in [-0.39, 0.29) is 22.8 Å². The lowest BCUT2D eigenvalue weighted by Gasteiger charge is -2.49. The van der Waals surface area contributed by atoms with Crippen LogP contribution >= 0.6 is 10.8 Å². The molecular weight excluding hydrogens is 610 g/mol. The SMILES string of the molecule is C=C(C)C(C(=O)OCc1ccc([N+](=O)[O-])cc1)N1C(=O)[C@@H](NC(=O)COc2ccccc2)[C@H]1SS(=O)(=O)c1ccccc1C. The summed E-state index contributed by atoms with van der Waals surface area (Å²) in [4.78, 5) is 50.9. The topological polar surface area (TPSA) is 162 Å². The molecule has 1 aliphatic heterocycles. The molecule has 0 aromatic heterocycles. The molecule has 1 saturated heterocycles. The second-order valence-electron chi connectivity index (χ2n) is 9.88. The fraction of sp³-hybridized carbons (Fsp3) is 0.233. The number of β-lactam (4-membered cyclic amide) rings is 1. The molecule has 12 nitrogen and oxygen atoms in total. The lowest BCUT2D eigenvalue weighted by atomic mass is 9.99. The van der Waals surface area contributed by atoms with Crippen molar-refractivity contribution < 1.29 is 37.2 Å². The van der Waals surface area contributed by atoms with E-state index in [2.05, 4.69) is 11.9 Å². The van der Waals surface area contributed by atoms with Gasteiger partial charge in [-0.3, -0.25) is 19.7 Å². The van der Waals surface area contributed by atoms with Gasteiger partial charge in [-0.15, -0.1) is 0 Å². The zero-order valence-electron chi connectivity index (χ0n) is 23.7. The van der Waals surface area contributed by atoms with E-state index < -0.39 is 55.6 Å². The van der Waals surface area contributed by atoms with Crippen LogP contribution in [0.4, 0.5) is 5.69 Å². The number of amides is 2. The first-order valence-corrected chi connectivity index (χ1v) is 16.1. The molecule has 44 heavy (non-hydrogen) atoms. The Morgan fingerprint density at radius 3 is 2.32 bits per heavy atom. The highest BCUT2D eigenvalue weighted by Crippen LogP contribution is 2.40. The standard InChI is InChI=1S/C30H29N3O9S2/c1-19(2)27(30(36)42-17-21-13-15-22(16-14-21)33(37)38)32-28(35)26(31-25(34)18-41-23-10-5-4-6-11-23)29(32)43-44(39,40)24-12-8-7-9-20(24)3/h4-16,26-27,29H,1,17-18H2,2-3H3,(H,31,34)/t26-,27?,29-/m1/s1. The van der Waals surface area contributed by atoms with Gasteiger partial charge in [0.1, 0.15) is 23.8 Å². The van der Waals surface area contributed by atoms with Crippen LogP contribution in [-0.2, 0) is 34.6 Å². The van der Waals surface area contributed by atoms with Crippen molar-refractivity contribution in [2.45, 2.75) is 42.8 Å². The van der Waals surface area contributed by atoms with Crippen molar-refractivity contribution in [1.82, 2.24) is 10.2 Å². The Hall–Kier alpha value is -4.69. The number of hydrogen-bond donors (Lipinski definition) is 1. The number of aryl methyl sites for hydroxylation is 1. The molecule has 3 atom stereocenters. The highest BCUT2D eigenvalue weighted by Gasteiger charge is 2.55. The smallest absolute Gasteiger partial charge is 0.333 e. The van der Waals surface area contributed by atoms with Gasteiger partial charge in [-0.1, -0.05) is 43.0 Å². The van der Waals surface area contributed by atoms with E-state index in [1.165, 1.54) is 37.3 Å². The van der Waals surface area contributed by atoms with Crippen LogP contribution in [-0.4, -0.2) is 60.1 Å². The number of carbonyl (C=O) groups is 3. The highest BCUT2D eigenvalue weighted by molar-refractivity contribution is 8.72. The first-order valence-electron chi connectivity index (χ1n) is 13.2. The normalized spacial score (nSPS) is 16.8. The summed E-state index contributed by atoms with van der Waals surface area (Å²) in [5, 5.41) is 12.2. The molecule has 2 amide bonds. The second-order valence-corrected chi connectivity index (χ2v) is 13.8. The Morgan fingerprint density at radius 2 is 1.70 bits per heavy atom. The van der Waals surface area contributed by atoms with Gasteiger partial charge in [0.05, 0.1) is 9.82 Å². The molecule has 0 radical (unpaired) electrons. The minimum atomic E-state index is -4.08. The van der Waals surface area contributed by atoms with Gasteiger partial charge in [-0.25, -0.2) is 13.2 Å². The molecule has 1 fully saturated rings. The zero-order valence-corrected chi connectivity index (χ0v) is 25.4. The number of likely N-dealkylation sites (tertiary alicyclic amines) is 1. The number of nitro benzene ring substituents is 1. The summed E-state index contributed by atoms with van der Waals surface area (Å²) in [7, 11) is -3.66. The quantitative estimate of drug-likeness (QED) is 0.0728. The molecule has 0 aliphatic carbocycles. The predicted molar refractivity (Wildman–Crippen MR) is 162 cm³/mol. The van der Waals surface area contributed by atoms with E-state index in [4.69, 9.17) is 9.47 Å². The number of ether oxygens (including phenoxy) is 2. The summed E-state index contributed by atoms with van der Waals surface area (Å²) in [5.41, 5.74) is 0.996. The van der Waals surface area contributed by atoms with Gasteiger partial charge >= 0.3 is 5.97 Å². The minimum Gasteiger partial charge on any atom is -0.484 e. The first kappa shape index (κ1) is 32.2. The highest BCUT2D eigenvalue weighted by atomic mass is 33.1. The first-order chi connectivity index (χ1) is 20.9. The van der Waals surface area contributed by atoms with Crippen LogP contribution in [0, 0.1) is 17.0 Å². The van der Waals surface area contributed by atoms with E-state index in [0.29, 0.717) is 27.7 Å². The molecule has 1 heterocycles. The van der Waals surface area contributed by atoms with Gasteiger partial charge in [-0.05, 0) is 60.9 Å². The predicted octanol–water partition coefficient (Wildman–Crippen LogP) is 3.75. The third-order valence-electron chi connectivity index (χ3n) is 6.59. The van der Waals surface area contributed by atoms with Gasteiger partial charge < -0.3 is 19.7 Å². The zero-order chi connectivity index (χ0) is 32.0. The van der Waals surface area contributed by atoms with Gasteiger partial charge in [-0.2, -0.15) is 0 Å². The lowest BCUT2D eigenvalue weighted by Crippen LogP contribution is -2.73. The molecule has 14 heteroatoms. The Bertz CT molecular complexity index is 1680. The Morgan fingerprint density at radius 1 is 1.07 bits per heavy atom. The minimum absolute atomic E-state index is 0.0226. The van der Waals surface area contributed by atoms with Crippen LogP contribution in [0.2, 0.25) is 0 Å². The Balaban J connectivity index is 1.55. The van der Waals surface area contributed by atoms with Crippen LogP contribution < -0.4 is 10.1 Å². The van der Waals surface area contributed by atoms with Gasteiger partial charge in [0.2, 0.25) is 14.8 Å². The largest absolute Gasteiger partial charge is 0.484 e. The van der Waals surface area contributed by atoms with Crippen LogP contribution in [0.15, 0.2) is 95.9 Å². The summed E-state index contributed by atoms with van der Waals surface area (Å²) < 4.78 is 37.9. The molecule has 4 rings (SSSR count). The molecular formula is C30H29N3O9S2. The number of non-ortho nitro benzene ring substituents is 1. The molecule has 0 bridgehead atoms. The van der Waals surface area contributed by atoms with Crippen LogP contribution in [0.25, 0.3) is 0 Å². The van der Waals surface area contributed by atoms with Gasteiger partial charge in [0, 0.05) is 22.9 Å². The maximum atomic E-state index is 13.5. The van der Waals surface area contributed by atoms with E-state index in [1.807, 2.05) is 0 Å². The summed E-state index contributed by atoms with van der Waals surface area (Å²) in [6.07, 6.45) is 0. The third kappa shape index (κ3) is 7.44. The monoisotopic (exact) mass is 639 g/mol. The average molecular weight is 640 g/mol. The molecule has 0 spiro atoms. The molecule has 1 N–H and O–H groups in total. The molecule has 1 aliphatic rings. The lowest BCUT2D eigenvalue weighted by molar-refractivity contribution is -0.384. The molecule has 230 valence electrons. The number of carbonyl (C=O) groups excluding carboxylic acids is 3. The summed E-state index contributed by atoms with van der Waals surface area (Å²) >= 11 is 0. The average Bonchev–Trinajstić information content (AvgIpc) is 3.00. The fourth-order valence-corrected chi connectivity index (χ4v) is 8.34. The molecule has 3 aromatic rings. The Kier molecular flexibility index (Phi) is 10.1. The Labute approximate surface area is 257 Å². The van der Waals surface area contributed by atoms with E-state index >= 15 is 0 Å². The number of nitrogens with zero attached hydrogens (tertiary/aromatic N) is 2. The van der Waals surface area contributed by atoms with Crippen molar-refractivity contribution in [3.05, 3.63) is 112 Å². The van der Waals surface area contributed by atoms with Crippen molar-refractivity contribution in [2.24, 2.45) is 0 Å². The summed E-state index contributed by atoms with van der Waals surface area (Å²) in [6.45, 7) is 6.23. The maximum Gasteiger partial charge on any atom is 0.333 e. The number of esters is 1. The van der Waals surface area contributed by atoms with Crippen LogP contribution in [0.5, 0.6) is 5.75 Å². The van der Waals surface area contributed by atoms with E-state index in [1.54, 1.807) is 55.5 Å². The van der Waals surface area contributed by atoms with Crippen molar-refractivity contribution in [1.29, 1.82) is 0 Å². The number of nitro groups is 1. The third-order valence-corrected chi connectivity index (χ3v) is 10.4. The van der Waals surface area contributed by atoms with Crippen molar-refractivity contribution in [2.75, 3.05) is 6.61 Å². The maximum absolute atomic E-state index is 13.5. The van der Waals surface area contributed by atoms with Crippen LogP contribution in [0.1, 0.15) is 18.1 Å². The molecule has 1 unspecified atom stereocenters. The number of nitrogens with one attached hydrogen (secondary N) is 1. The molecule has 3 aromatic carbocycles. The number of benzene rings is 3. The number of para-hydroxylation sites is 1. The summed E-state index contributed by atoms with van der Waals surface area (Å²) in [5.74, 6) is -1.84. The summed E-state index contributed by atoms with van der Waals surface area (Å²) in [6, 6.07) is 17.5. The van der Waals surface area contributed by atoms with Crippen molar-refractivity contribution >= 4 is 43.1 Å². The number of hydrogen-bond acceptors (Lipinski definition) is 10. The van der Waals surface area contributed by atoms with Gasteiger partial charge in [0.15, 0.2) is 12.6 Å². The number of rotatable bonds is 13.